The summed E-state index contributed by atoms with van der Waals surface area (Å²) in [5, 5.41) is 2.76. The first-order chi connectivity index (χ1) is 12.9. The van der Waals surface area contributed by atoms with Crippen molar-refractivity contribution in [3.8, 4) is 5.75 Å². The van der Waals surface area contributed by atoms with Crippen LogP contribution in [0, 0.1) is 5.82 Å². The normalized spacial score (nSPS) is 11.0. The van der Waals surface area contributed by atoms with E-state index in [0.717, 1.165) is 19.3 Å². The molecule has 0 fully saturated rings. The molecule has 6 nitrogen and oxygen atoms in total. The summed E-state index contributed by atoms with van der Waals surface area (Å²) in [5.41, 5.74) is 0.261. The number of benzene rings is 2. The van der Waals surface area contributed by atoms with Crippen molar-refractivity contribution in [1.82, 2.24) is 5.32 Å². The van der Waals surface area contributed by atoms with Gasteiger partial charge in [-0.15, -0.1) is 0 Å². The zero-order valence-electron chi connectivity index (χ0n) is 15.1. The van der Waals surface area contributed by atoms with Crippen LogP contribution in [0.25, 0.3) is 0 Å². The average Bonchev–Trinajstić information content (AvgIpc) is 2.65. The number of hydrogen-bond donors (Lipinski definition) is 2. The first-order valence-corrected chi connectivity index (χ1v) is 10.2. The van der Waals surface area contributed by atoms with Crippen molar-refractivity contribution < 1.29 is 22.3 Å². The van der Waals surface area contributed by atoms with Gasteiger partial charge in [0.15, 0.2) is 6.61 Å². The summed E-state index contributed by atoms with van der Waals surface area (Å²) in [6, 6.07) is 10.7. The number of unbranched alkanes of at least 4 members (excludes halogenated alkanes) is 2. The number of ether oxygens (including phenoxy) is 1. The fourth-order valence-corrected chi connectivity index (χ4v) is 3.31. The van der Waals surface area contributed by atoms with E-state index >= 15 is 0 Å². The molecular formula is C19H23FN2O4S. The summed E-state index contributed by atoms with van der Waals surface area (Å²) in [5.74, 6) is -0.283. The van der Waals surface area contributed by atoms with Crippen LogP contribution >= 0.6 is 0 Å². The zero-order chi connectivity index (χ0) is 19.7. The standard InChI is InChI=1S/C19H23FN2O4S/c1-2-3-4-13-21-19(23)14-26-17-9-11-18(12-10-17)27(24,25)22-16-7-5-15(20)6-8-16/h5-12,22H,2-4,13-14H2,1H3,(H,21,23). The number of sulfonamides is 1. The predicted molar refractivity (Wildman–Crippen MR) is 102 cm³/mol. The molecule has 0 radical (unpaired) electrons. The minimum Gasteiger partial charge on any atom is -0.484 e. The molecule has 1 amide bonds. The van der Waals surface area contributed by atoms with Gasteiger partial charge in [-0.05, 0) is 55.0 Å². The number of halogens is 1. The minimum absolute atomic E-state index is 0.0307. The second kappa shape index (κ2) is 9.91. The van der Waals surface area contributed by atoms with Crippen molar-refractivity contribution >= 4 is 21.6 Å². The molecule has 0 atom stereocenters. The molecule has 0 heterocycles. The highest BCUT2D eigenvalue weighted by molar-refractivity contribution is 7.92. The van der Waals surface area contributed by atoms with Gasteiger partial charge >= 0.3 is 0 Å². The smallest absolute Gasteiger partial charge is 0.261 e. The molecule has 2 aromatic carbocycles. The molecule has 27 heavy (non-hydrogen) atoms. The topological polar surface area (TPSA) is 84.5 Å². The number of amides is 1. The van der Waals surface area contributed by atoms with E-state index in [9.17, 15) is 17.6 Å². The Morgan fingerprint density at radius 1 is 1.04 bits per heavy atom. The Labute approximate surface area is 158 Å². The first kappa shape index (κ1) is 20.7. The lowest BCUT2D eigenvalue weighted by molar-refractivity contribution is -0.123. The molecule has 0 bridgehead atoms. The van der Waals surface area contributed by atoms with Gasteiger partial charge in [-0.2, -0.15) is 0 Å². The van der Waals surface area contributed by atoms with Crippen molar-refractivity contribution in [3.05, 3.63) is 54.3 Å². The van der Waals surface area contributed by atoms with Gasteiger partial charge in [-0.25, -0.2) is 12.8 Å². The van der Waals surface area contributed by atoms with Crippen LogP contribution in [0.15, 0.2) is 53.4 Å². The van der Waals surface area contributed by atoms with Gasteiger partial charge in [0.1, 0.15) is 11.6 Å². The van der Waals surface area contributed by atoms with Crippen LogP contribution in [-0.4, -0.2) is 27.5 Å². The number of carbonyl (C=O) groups is 1. The van der Waals surface area contributed by atoms with Crippen LogP contribution in [0.3, 0.4) is 0 Å². The van der Waals surface area contributed by atoms with Crippen LogP contribution in [0.1, 0.15) is 26.2 Å². The van der Waals surface area contributed by atoms with Crippen molar-refractivity contribution in [3.63, 3.8) is 0 Å². The van der Waals surface area contributed by atoms with Crippen molar-refractivity contribution in [2.24, 2.45) is 0 Å². The molecule has 2 N–H and O–H groups in total. The number of rotatable bonds is 10. The Hall–Kier alpha value is -2.61. The SMILES string of the molecule is CCCCCNC(=O)COc1ccc(S(=O)(=O)Nc2ccc(F)cc2)cc1. The van der Waals surface area contributed by atoms with E-state index in [1.165, 1.54) is 48.5 Å². The van der Waals surface area contributed by atoms with Crippen LogP contribution in [0.5, 0.6) is 5.75 Å². The average molecular weight is 394 g/mol. The van der Waals surface area contributed by atoms with E-state index in [2.05, 4.69) is 17.0 Å². The fourth-order valence-electron chi connectivity index (χ4n) is 2.25. The summed E-state index contributed by atoms with van der Waals surface area (Å²) < 4.78 is 45.3. The molecular weight excluding hydrogens is 371 g/mol. The molecule has 0 saturated carbocycles. The Morgan fingerprint density at radius 2 is 1.70 bits per heavy atom. The van der Waals surface area contributed by atoms with E-state index in [0.29, 0.717) is 12.3 Å². The summed E-state index contributed by atoms with van der Waals surface area (Å²) in [6.45, 7) is 2.57. The third-order valence-corrected chi connectivity index (χ3v) is 5.10. The molecule has 0 aliphatic carbocycles. The highest BCUT2D eigenvalue weighted by atomic mass is 32.2. The monoisotopic (exact) mass is 394 g/mol. The fraction of sp³-hybridized carbons (Fsp3) is 0.316. The lowest BCUT2D eigenvalue weighted by Gasteiger charge is -2.10. The van der Waals surface area contributed by atoms with E-state index in [1.807, 2.05) is 0 Å². The molecule has 0 spiro atoms. The van der Waals surface area contributed by atoms with Gasteiger partial charge in [0, 0.05) is 12.2 Å². The second-order valence-corrected chi connectivity index (χ2v) is 7.61. The van der Waals surface area contributed by atoms with E-state index in [4.69, 9.17) is 4.74 Å². The molecule has 0 aromatic heterocycles. The first-order valence-electron chi connectivity index (χ1n) is 8.68. The predicted octanol–water partition coefficient (Wildman–Crippen LogP) is 3.31. The van der Waals surface area contributed by atoms with Gasteiger partial charge in [0.2, 0.25) is 0 Å². The Balaban J connectivity index is 1.88. The number of carbonyl (C=O) groups excluding carboxylic acids is 1. The van der Waals surface area contributed by atoms with Crippen molar-refractivity contribution in [2.75, 3.05) is 17.9 Å². The van der Waals surface area contributed by atoms with Crippen molar-refractivity contribution in [1.29, 1.82) is 0 Å². The highest BCUT2D eigenvalue weighted by Gasteiger charge is 2.14. The van der Waals surface area contributed by atoms with E-state index in [-0.39, 0.29) is 23.1 Å². The number of nitrogens with one attached hydrogen (secondary N) is 2. The number of anilines is 1. The zero-order valence-corrected chi connectivity index (χ0v) is 15.9. The lowest BCUT2D eigenvalue weighted by atomic mass is 10.2. The van der Waals surface area contributed by atoms with Crippen LogP contribution in [0.2, 0.25) is 0 Å². The molecule has 2 aromatic rings. The van der Waals surface area contributed by atoms with Gasteiger partial charge < -0.3 is 10.1 Å². The highest BCUT2D eigenvalue weighted by Crippen LogP contribution is 2.19. The third-order valence-electron chi connectivity index (χ3n) is 3.70. The lowest BCUT2D eigenvalue weighted by Crippen LogP contribution is -2.29. The molecule has 0 unspecified atom stereocenters. The van der Waals surface area contributed by atoms with Crippen molar-refractivity contribution in [2.45, 2.75) is 31.1 Å². The molecule has 0 aliphatic heterocycles. The summed E-state index contributed by atoms with van der Waals surface area (Å²) >= 11 is 0. The molecule has 2 rings (SSSR count). The maximum Gasteiger partial charge on any atom is 0.261 e. The molecule has 8 heteroatoms. The minimum atomic E-state index is -3.80. The van der Waals surface area contributed by atoms with Crippen LogP contribution in [-0.2, 0) is 14.8 Å². The molecule has 0 saturated heterocycles. The van der Waals surface area contributed by atoms with Gasteiger partial charge in [0.25, 0.3) is 15.9 Å². The Bertz CT molecular complexity index is 837. The summed E-state index contributed by atoms with van der Waals surface area (Å²) in [7, 11) is -3.80. The van der Waals surface area contributed by atoms with Gasteiger partial charge in [-0.3, -0.25) is 9.52 Å². The molecule has 146 valence electrons. The quantitative estimate of drug-likeness (QED) is 0.606. The van der Waals surface area contributed by atoms with Crippen LogP contribution in [0.4, 0.5) is 10.1 Å². The van der Waals surface area contributed by atoms with E-state index < -0.39 is 15.8 Å². The summed E-state index contributed by atoms with van der Waals surface area (Å²) in [6.07, 6.45) is 3.07. The van der Waals surface area contributed by atoms with Crippen LogP contribution < -0.4 is 14.8 Å². The van der Waals surface area contributed by atoms with E-state index in [1.54, 1.807) is 0 Å². The Kier molecular flexibility index (Phi) is 7.60. The second-order valence-electron chi connectivity index (χ2n) is 5.93. The maximum atomic E-state index is 12.9. The third kappa shape index (κ3) is 6.90. The van der Waals surface area contributed by atoms with Gasteiger partial charge in [-0.1, -0.05) is 19.8 Å². The maximum absolute atomic E-state index is 12.9. The molecule has 0 aliphatic rings. The summed E-state index contributed by atoms with van der Waals surface area (Å²) in [4.78, 5) is 11.7. The van der Waals surface area contributed by atoms with Gasteiger partial charge in [0.05, 0.1) is 4.90 Å². The largest absolute Gasteiger partial charge is 0.484 e. The number of hydrogen-bond acceptors (Lipinski definition) is 4. The Morgan fingerprint density at radius 3 is 2.33 bits per heavy atom.